The third-order valence-corrected chi connectivity index (χ3v) is 2.82. The fourth-order valence-electron chi connectivity index (χ4n) is 1.94. The molecule has 2 heterocycles. The van der Waals surface area contributed by atoms with Crippen molar-refractivity contribution in [2.45, 2.75) is 12.8 Å². The predicted octanol–water partition coefficient (Wildman–Crippen LogP) is 1.80. The molecule has 18 heavy (non-hydrogen) atoms. The Balaban J connectivity index is 2.00. The Hall–Kier alpha value is -1.50. The van der Waals surface area contributed by atoms with Gasteiger partial charge in [-0.3, -0.25) is 0 Å². The number of aliphatic hydroxyl groups excluding tert-OH is 1. The van der Waals surface area contributed by atoms with Gasteiger partial charge in [-0.05, 0) is 18.6 Å². The van der Waals surface area contributed by atoms with Gasteiger partial charge in [-0.1, -0.05) is 0 Å². The second kappa shape index (κ2) is 5.01. The van der Waals surface area contributed by atoms with Crippen molar-refractivity contribution in [3.8, 4) is 5.75 Å². The molecular formula is C11H13F3N2O2. The minimum atomic E-state index is -4.70. The number of nitrogens with zero attached hydrogens (tertiary/aromatic N) is 2. The van der Waals surface area contributed by atoms with Crippen molar-refractivity contribution in [1.82, 2.24) is 4.98 Å². The van der Waals surface area contributed by atoms with E-state index in [9.17, 15) is 13.2 Å². The number of aliphatic hydroxyl groups is 1. The van der Waals surface area contributed by atoms with Crippen LogP contribution < -0.4 is 9.64 Å². The van der Waals surface area contributed by atoms with Gasteiger partial charge in [0.05, 0.1) is 6.20 Å². The average Bonchev–Trinajstić information content (AvgIpc) is 2.76. The van der Waals surface area contributed by atoms with E-state index in [1.165, 1.54) is 12.1 Å². The molecule has 1 fully saturated rings. The van der Waals surface area contributed by atoms with E-state index in [-0.39, 0.29) is 18.3 Å². The highest BCUT2D eigenvalue weighted by Gasteiger charge is 2.31. The van der Waals surface area contributed by atoms with E-state index in [1.54, 1.807) is 0 Å². The first kappa shape index (κ1) is 12.9. The standard InChI is InChI=1S/C11H13F3N2O2/c12-11(13,14)18-9-1-2-10(15-5-9)16-4-3-8(6-16)7-17/h1-2,5,8,17H,3-4,6-7H2. The lowest BCUT2D eigenvalue weighted by atomic mass is 10.1. The first-order valence-electron chi connectivity index (χ1n) is 5.55. The molecule has 1 aliphatic heterocycles. The summed E-state index contributed by atoms with van der Waals surface area (Å²) < 4.78 is 39.6. The van der Waals surface area contributed by atoms with Crippen LogP contribution in [0, 0.1) is 5.92 Å². The van der Waals surface area contributed by atoms with Gasteiger partial charge in [-0.2, -0.15) is 0 Å². The van der Waals surface area contributed by atoms with Crippen LogP contribution in [0.3, 0.4) is 0 Å². The number of rotatable bonds is 3. The summed E-state index contributed by atoms with van der Waals surface area (Å²) in [5.41, 5.74) is 0. The van der Waals surface area contributed by atoms with Crippen LogP contribution in [0.1, 0.15) is 6.42 Å². The molecule has 1 N–H and O–H groups in total. The fourth-order valence-corrected chi connectivity index (χ4v) is 1.94. The Morgan fingerprint density at radius 3 is 2.72 bits per heavy atom. The van der Waals surface area contributed by atoms with Crippen LogP contribution in [0.15, 0.2) is 18.3 Å². The number of anilines is 1. The molecule has 4 nitrogen and oxygen atoms in total. The highest BCUT2D eigenvalue weighted by atomic mass is 19.4. The van der Waals surface area contributed by atoms with Gasteiger partial charge in [0.25, 0.3) is 0 Å². The van der Waals surface area contributed by atoms with Crippen molar-refractivity contribution in [3.63, 3.8) is 0 Å². The van der Waals surface area contributed by atoms with Gasteiger partial charge in [-0.15, -0.1) is 13.2 Å². The average molecular weight is 262 g/mol. The molecule has 1 aromatic rings. The molecule has 0 radical (unpaired) electrons. The smallest absolute Gasteiger partial charge is 0.404 e. The van der Waals surface area contributed by atoms with Gasteiger partial charge in [0.2, 0.25) is 0 Å². The van der Waals surface area contributed by atoms with E-state index in [1.807, 2.05) is 4.90 Å². The molecular weight excluding hydrogens is 249 g/mol. The van der Waals surface area contributed by atoms with Crippen molar-refractivity contribution < 1.29 is 23.0 Å². The van der Waals surface area contributed by atoms with Crippen molar-refractivity contribution in [2.75, 3.05) is 24.6 Å². The highest BCUT2D eigenvalue weighted by molar-refractivity contribution is 5.41. The molecule has 0 aromatic carbocycles. The summed E-state index contributed by atoms with van der Waals surface area (Å²) in [5.74, 6) is 0.475. The number of hydrogen-bond acceptors (Lipinski definition) is 4. The molecule has 1 aliphatic rings. The highest BCUT2D eigenvalue weighted by Crippen LogP contribution is 2.26. The predicted molar refractivity (Wildman–Crippen MR) is 58.3 cm³/mol. The Morgan fingerprint density at radius 2 is 2.22 bits per heavy atom. The van der Waals surface area contributed by atoms with Crippen molar-refractivity contribution in [3.05, 3.63) is 18.3 Å². The number of aromatic nitrogens is 1. The molecule has 1 aromatic heterocycles. The zero-order valence-corrected chi connectivity index (χ0v) is 9.52. The molecule has 7 heteroatoms. The van der Waals surface area contributed by atoms with Crippen LogP contribution in [0.5, 0.6) is 5.75 Å². The maximum absolute atomic E-state index is 12.0. The molecule has 0 amide bonds. The van der Waals surface area contributed by atoms with Crippen LogP contribution >= 0.6 is 0 Å². The summed E-state index contributed by atoms with van der Waals surface area (Å²) in [6, 6.07) is 2.73. The monoisotopic (exact) mass is 262 g/mol. The number of pyridine rings is 1. The lowest BCUT2D eigenvalue weighted by molar-refractivity contribution is -0.274. The largest absolute Gasteiger partial charge is 0.573 e. The number of hydrogen-bond donors (Lipinski definition) is 1. The van der Waals surface area contributed by atoms with Crippen LogP contribution in [0.4, 0.5) is 19.0 Å². The molecule has 1 unspecified atom stereocenters. The lowest BCUT2D eigenvalue weighted by Crippen LogP contribution is -2.22. The van der Waals surface area contributed by atoms with Gasteiger partial charge in [0.1, 0.15) is 11.6 Å². The number of ether oxygens (including phenoxy) is 1. The summed E-state index contributed by atoms with van der Waals surface area (Å²) in [6.07, 6.45) is -2.78. The minimum Gasteiger partial charge on any atom is -0.404 e. The first-order valence-corrected chi connectivity index (χ1v) is 5.55. The Labute approximate surface area is 102 Å². The minimum absolute atomic E-state index is 0.117. The zero-order chi connectivity index (χ0) is 13.2. The van der Waals surface area contributed by atoms with Crippen molar-refractivity contribution in [2.24, 2.45) is 5.92 Å². The topological polar surface area (TPSA) is 45.6 Å². The van der Waals surface area contributed by atoms with Gasteiger partial charge >= 0.3 is 6.36 Å². The summed E-state index contributed by atoms with van der Waals surface area (Å²) in [6.45, 7) is 1.53. The van der Waals surface area contributed by atoms with Crippen LogP contribution in [-0.2, 0) is 0 Å². The summed E-state index contributed by atoms with van der Waals surface area (Å²) in [5, 5.41) is 9.01. The molecule has 1 saturated heterocycles. The second-order valence-electron chi connectivity index (χ2n) is 4.18. The van der Waals surface area contributed by atoms with E-state index in [0.29, 0.717) is 12.4 Å². The maximum atomic E-state index is 12.0. The second-order valence-corrected chi connectivity index (χ2v) is 4.18. The fraction of sp³-hybridized carbons (Fsp3) is 0.545. The molecule has 0 aliphatic carbocycles. The normalized spacial score (nSPS) is 20.2. The number of halogens is 3. The lowest BCUT2D eigenvalue weighted by Gasteiger charge is -2.17. The molecule has 0 saturated carbocycles. The van der Waals surface area contributed by atoms with Gasteiger partial charge < -0.3 is 14.7 Å². The molecule has 1 atom stereocenters. The third kappa shape index (κ3) is 3.25. The van der Waals surface area contributed by atoms with Crippen LogP contribution in [0.25, 0.3) is 0 Å². The van der Waals surface area contributed by atoms with E-state index in [0.717, 1.165) is 19.2 Å². The van der Waals surface area contributed by atoms with E-state index in [4.69, 9.17) is 5.11 Å². The summed E-state index contributed by atoms with van der Waals surface area (Å²) >= 11 is 0. The van der Waals surface area contributed by atoms with E-state index < -0.39 is 6.36 Å². The first-order chi connectivity index (χ1) is 8.48. The summed E-state index contributed by atoms with van der Waals surface area (Å²) in [7, 11) is 0. The SMILES string of the molecule is OCC1CCN(c2ccc(OC(F)(F)F)cn2)C1. The van der Waals surface area contributed by atoms with E-state index in [2.05, 4.69) is 9.72 Å². The maximum Gasteiger partial charge on any atom is 0.573 e. The molecule has 2 rings (SSSR count). The van der Waals surface area contributed by atoms with Gasteiger partial charge in [-0.25, -0.2) is 4.98 Å². The van der Waals surface area contributed by atoms with Crippen LogP contribution in [0.2, 0.25) is 0 Å². The van der Waals surface area contributed by atoms with Gasteiger partial charge in [0, 0.05) is 25.6 Å². The Bertz CT molecular complexity index is 394. The zero-order valence-electron chi connectivity index (χ0n) is 9.52. The van der Waals surface area contributed by atoms with Crippen LogP contribution in [-0.4, -0.2) is 36.1 Å². The molecule has 100 valence electrons. The Morgan fingerprint density at radius 1 is 1.44 bits per heavy atom. The quantitative estimate of drug-likeness (QED) is 0.902. The van der Waals surface area contributed by atoms with Gasteiger partial charge in [0.15, 0.2) is 0 Å². The van der Waals surface area contributed by atoms with E-state index >= 15 is 0 Å². The Kier molecular flexibility index (Phi) is 3.60. The molecule has 0 bridgehead atoms. The van der Waals surface area contributed by atoms with Crippen molar-refractivity contribution >= 4 is 5.82 Å². The molecule has 0 spiro atoms. The summed E-state index contributed by atoms with van der Waals surface area (Å²) in [4.78, 5) is 5.86. The van der Waals surface area contributed by atoms with Crippen molar-refractivity contribution in [1.29, 1.82) is 0 Å². The number of alkyl halides is 3. The third-order valence-electron chi connectivity index (χ3n) is 2.82.